The summed E-state index contributed by atoms with van der Waals surface area (Å²) < 4.78 is 31.9. The van der Waals surface area contributed by atoms with Gasteiger partial charge in [0.25, 0.3) is 5.92 Å². The molecule has 0 unspecified atom stereocenters. The van der Waals surface area contributed by atoms with Crippen LogP contribution in [0.4, 0.5) is 8.78 Å². The van der Waals surface area contributed by atoms with Crippen molar-refractivity contribution in [1.82, 2.24) is 0 Å². The zero-order valence-electron chi connectivity index (χ0n) is 10.7. The van der Waals surface area contributed by atoms with Crippen molar-refractivity contribution in [3.63, 3.8) is 0 Å². The molecule has 0 spiro atoms. The minimum Gasteiger partial charge on any atom is -0.464 e. The SMILES string of the molecule is C[Si](C)(C)CCOC(=O)[C@]1(N)CCCC1(F)F. The maximum atomic E-state index is 13.5. The van der Waals surface area contributed by atoms with Crippen molar-refractivity contribution in [3.8, 4) is 0 Å². The van der Waals surface area contributed by atoms with E-state index in [0.29, 0.717) is 0 Å². The van der Waals surface area contributed by atoms with E-state index >= 15 is 0 Å². The van der Waals surface area contributed by atoms with Crippen LogP contribution in [0.2, 0.25) is 25.7 Å². The molecule has 1 atom stereocenters. The fourth-order valence-corrected chi connectivity index (χ4v) is 2.54. The lowest BCUT2D eigenvalue weighted by atomic mass is 9.96. The van der Waals surface area contributed by atoms with Crippen molar-refractivity contribution in [2.45, 2.75) is 56.4 Å². The molecule has 0 heterocycles. The van der Waals surface area contributed by atoms with Crippen molar-refractivity contribution in [2.75, 3.05) is 6.61 Å². The van der Waals surface area contributed by atoms with Crippen LogP contribution in [0, 0.1) is 0 Å². The van der Waals surface area contributed by atoms with Gasteiger partial charge in [-0.15, -0.1) is 0 Å². The Kier molecular flexibility index (Phi) is 3.98. The van der Waals surface area contributed by atoms with Crippen molar-refractivity contribution in [3.05, 3.63) is 0 Å². The van der Waals surface area contributed by atoms with Gasteiger partial charge in [0.05, 0.1) is 6.61 Å². The van der Waals surface area contributed by atoms with Crippen LogP contribution in [0.3, 0.4) is 0 Å². The third-order valence-corrected chi connectivity index (χ3v) is 4.87. The second kappa shape index (κ2) is 4.64. The molecule has 0 aromatic rings. The molecular weight excluding hydrogens is 244 g/mol. The summed E-state index contributed by atoms with van der Waals surface area (Å²) in [5, 5.41) is 0. The molecule has 0 saturated heterocycles. The number of carbonyl (C=O) groups excluding carboxylic acids is 1. The summed E-state index contributed by atoms with van der Waals surface area (Å²) in [5.74, 6) is -4.08. The van der Waals surface area contributed by atoms with Crippen molar-refractivity contribution in [2.24, 2.45) is 5.73 Å². The fourth-order valence-electron chi connectivity index (χ4n) is 1.83. The fraction of sp³-hybridized carbons (Fsp3) is 0.909. The molecule has 100 valence electrons. The van der Waals surface area contributed by atoms with Crippen LogP contribution in [0.15, 0.2) is 0 Å². The first kappa shape index (κ1) is 14.6. The first-order chi connectivity index (χ1) is 7.58. The van der Waals surface area contributed by atoms with Gasteiger partial charge >= 0.3 is 5.97 Å². The minimum atomic E-state index is -3.14. The predicted octanol–water partition coefficient (Wildman–Crippen LogP) is 2.38. The normalized spacial score (nSPS) is 28.1. The molecule has 3 nitrogen and oxygen atoms in total. The van der Waals surface area contributed by atoms with E-state index < -0.39 is 25.5 Å². The molecule has 0 amide bonds. The van der Waals surface area contributed by atoms with Crippen molar-refractivity contribution in [1.29, 1.82) is 0 Å². The highest BCUT2D eigenvalue weighted by Gasteiger charge is 2.60. The van der Waals surface area contributed by atoms with Gasteiger partial charge in [0.15, 0.2) is 5.54 Å². The van der Waals surface area contributed by atoms with Gasteiger partial charge in [0, 0.05) is 14.5 Å². The Morgan fingerprint density at radius 2 is 1.94 bits per heavy atom. The van der Waals surface area contributed by atoms with Crippen molar-refractivity contribution < 1.29 is 18.3 Å². The van der Waals surface area contributed by atoms with E-state index in [1.54, 1.807) is 0 Å². The van der Waals surface area contributed by atoms with Gasteiger partial charge in [-0.2, -0.15) is 0 Å². The highest BCUT2D eigenvalue weighted by atomic mass is 28.3. The summed E-state index contributed by atoms with van der Waals surface area (Å²) in [4.78, 5) is 11.7. The average Bonchev–Trinajstić information content (AvgIpc) is 2.40. The molecule has 1 aliphatic rings. The highest BCUT2D eigenvalue weighted by Crippen LogP contribution is 2.42. The summed E-state index contributed by atoms with van der Waals surface area (Å²) in [7, 11) is -1.33. The van der Waals surface area contributed by atoms with E-state index in [0.717, 1.165) is 6.04 Å². The number of esters is 1. The Morgan fingerprint density at radius 1 is 1.35 bits per heavy atom. The molecule has 0 radical (unpaired) electrons. The number of halogens is 2. The molecule has 1 aliphatic carbocycles. The molecule has 0 aromatic heterocycles. The number of nitrogens with two attached hydrogens (primary N) is 1. The van der Waals surface area contributed by atoms with Gasteiger partial charge in [0.2, 0.25) is 0 Å². The predicted molar refractivity (Wildman–Crippen MR) is 64.8 cm³/mol. The Bertz CT molecular complexity index is 304. The molecule has 1 fully saturated rings. The molecule has 1 saturated carbocycles. The average molecular weight is 265 g/mol. The van der Waals surface area contributed by atoms with E-state index in [1.165, 1.54) is 0 Å². The third-order valence-electron chi connectivity index (χ3n) is 3.16. The zero-order chi connectivity index (χ0) is 13.3. The third kappa shape index (κ3) is 3.25. The largest absolute Gasteiger partial charge is 0.464 e. The Morgan fingerprint density at radius 3 is 2.35 bits per heavy atom. The van der Waals surface area contributed by atoms with Crippen LogP contribution in [0.5, 0.6) is 0 Å². The lowest BCUT2D eigenvalue weighted by molar-refractivity contribution is -0.163. The van der Waals surface area contributed by atoms with Crippen LogP contribution in [0.25, 0.3) is 0 Å². The van der Waals surface area contributed by atoms with E-state index in [2.05, 4.69) is 19.6 Å². The second-order valence-electron chi connectivity index (χ2n) is 5.98. The van der Waals surface area contributed by atoms with E-state index in [9.17, 15) is 13.6 Å². The van der Waals surface area contributed by atoms with Gasteiger partial charge in [-0.25, -0.2) is 13.6 Å². The summed E-state index contributed by atoms with van der Waals surface area (Å²) >= 11 is 0. The number of ether oxygens (including phenoxy) is 1. The number of rotatable bonds is 4. The highest BCUT2D eigenvalue weighted by molar-refractivity contribution is 6.76. The van der Waals surface area contributed by atoms with Gasteiger partial charge < -0.3 is 10.5 Å². The Labute approximate surface area is 102 Å². The van der Waals surface area contributed by atoms with Gasteiger partial charge in [-0.05, 0) is 18.9 Å². The lowest BCUT2D eigenvalue weighted by Crippen LogP contribution is -2.58. The summed E-state index contributed by atoms with van der Waals surface area (Å²) in [6.45, 7) is 6.58. The summed E-state index contributed by atoms with van der Waals surface area (Å²) in [5.41, 5.74) is 3.41. The maximum Gasteiger partial charge on any atom is 0.332 e. The molecule has 6 heteroatoms. The molecule has 17 heavy (non-hydrogen) atoms. The quantitative estimate of drug-likeness (QED) is 0.627. The first-order valence-corrected chi connectivity index (χ1v) is 9.63. The summed E-state index contributed by atoms with van der Waals surface area (Å²) in [6.07, 6.45) is -0.0506. The van der Waals surface area contributed by atoms with Crippen LogP contribution >= 0.6 is 0 Å². The minimum absolute atomic E-state index is 0.00573. The van der Waals surface area contributed by atoms with Gasteiger partial charge in [0.1, 0.15) is 0 Å². The van der Waals surface area contributed by atoms with Gasteiger partial charge in [-0.1, -0.05) is 19.6 Å². The second-order valence-corrected chi connectivity index (χ2v) is 11.6. The molecular formula is C11H21F2NO2Si. The molecule has 0 bridgehead atoms. The van der Waals surface area contributed by atoms with E-state index in [-0.39, 0.29) is 25.9 Å². The van der Waals surface area contributed by atoms with Gasteiger partial charge in [-0.3, -0.25) is 0 Å². The standard InChI is InChI=1S/C11H21F2NO2Si/c1-17(2,3)8-7-16-9(15)10(14)5-4-6-11(10,12)13/h4-8,14H2,1-3H3/t10-/m1/s1. The smallest absolute Gasteiger partial charge is 0.332 e. The number of hydrogen-bond acceptors (Lipinski definition) is 3. The van der Waals surface area contributed by atoms with Crippen molar-refractivity contribution >= 4 is 14.0 Å². The van der Waals surface area contributed by atoms with Crippen LogP contribution < -0.4 is 5.73 Å². The number of carbonyl (C=O) groups is 1. The first-order valence-electron chi connectivity index (χ1n) is 5.92. The molecule has 0 aliphatic heterocycles. The molecule has 2 N–H and O–H groups in total. The number of hydrogen-bond donors (Lipinski definition) is 1. The van der Waals surface area contributed by atoms with E-state index in [1.807, 2.05) is 0 Å². The lowest BCUT2D eigenvalue weighted by Gasteiger charge is -2.28. The summed E-state index contributed by atoms with van der Waals surface area (Å²) in [6, 6.07) is 0.764. The van der Waals surface area contributed by atoms with E-state index in [4.69, 9.17) is 10.5 Å². The molecule has 1 rings (SSSR count). The molecule has 0 aromatic carbocycles. The number of alkyl halides is 2. The maximum absolute atomic E-state index is 13.5. The zero-order valence-corrected chi connectivity index (χ0v) is 11.7. The topological polar surface area (TPSA) is 52.3 Å². The monoisotopic (exact) mass is 265 g/mol. The van der Waals surface area contributed by atoms with Crippen LogP contribution in [-0.4, -0.2) is 32.1 Å². The van der Waals surface area contributed by atoms with Crippen LogP contribution in [-0.2, 0) is 9.53 Å². The van der Waals surface area contributed by atoms with Crippen LogP contribution in [0.1, 0.15) is 19.3 Å². The Balaban J connectivity index is 2.53. The Hall–Kier alpha value is -0.493.